The Morgan fingerprint density at radius 1 is 0.790 bits per heavy atom. The molecule has 0 radical (unpaired) electrons. The molecule has 3 aliphatic rings. The number of esters is 2. The summed E-state index contributed by atoms with van der Waals surface area (Å²) >= 11 is 1.84. The molecule has 0 aromatic heterocycles. The number of para-hydroxylation sites is 1. The van der Waals surface area contributed by atoms with Crippen LogP contribution in [0.5, 0.6) is 17.2 Å². The van der Waals surface area contributed by atoms with Crippen molar-refractivity contribution in [2.45, 2.75) is 146 Å². The quantitative estimate of drug-likeness (QED) is 0.0223. The molecule has 6 rings (SSSR count). The van der Waals surface area contributed by atoms with Gasteiger partial charge in [0.1, 0.15) is 17.2 Å². The van der Waals surface area contributed by atoms with Crippen molar-refractivity contribution in [1.29, 1.82) is 0 Å². The van der Waals surface area contributed by atoms with E-state index >= 15 is 0 Å². The molecule has 3 aromatic rings. The van der Waals surface area contributed by atoms with Gasteiger partial charge in [-0.05, 0) is 155 Å². The minimum Gasteiger partial charge on any atom is -0.494 e. The molecule has 1 atom stereocenters. The van der Waals surface area contributed by atoms with Gasteiger partial charge in [0.05, 0.1) is 37.6 Å². The van der Waals surface area contributed by atoms with Crippen LogP contribution in [0.15, 0.2) is 89.4 Å². The fourth-order valence-corrected chi connectivity index (χ4v) is 10.1. The van der Waals surface area contributed by atoms with E-state index in [0.29, 0.717) is 37.4 Å². The van der Waals surface area contributed by atoms with E-state index in [-0.39, 0.29) is 23.4 Å². The molecule has 0 spiro atoms. The highest BCUT2D eigenvalue weighted by molar-refractivity contribution is 8.00. The Morgan fingerprint density at radius 2 is 1.52 bits per heavy atom. The van der Waals surface area contributed by atoms with Gasteiger partial charge >= 0.3 is 11.9 Å². The van der Waals surface area contributed by atoms with Crippen LogP contribution in [-0.2, 0) is 14.3 Å². The molecule has 2 saturated carbocycles. The van der Waals surface area contributed by atoms with Crippen molar-refractivity contribution in [1.82, 2.24) is 5.01 Å². The third-order valence-electron chi connectivity index (χ3n) is 12.7. The maximum Gasteiger partial charge on any atom is 0.330 e. The average Bonchev–Trinajstić information content (AvgIpc) is 3.74. The summed E-state index contributed by atoms with van der Waals surface area (Å²) in [5, 5.41) is 11.2. The van der Waals surface area contributed by atoms with Gasteiger partial charge < -0.3 is 24.3 Å². The van der Waals surface area contributed by atoms with Crippen molar-refractivity contribution >= 4 is 35.6 Å². The van der Waals surface area contributed by atoms with Crippen molar-refractivity contribution in [2.75, 3.05) is 31.7 Å². The highest BCUT2D eigenvalue weighted by Crippen LogP contribution is 2.41. The molecule has 1 aliphatic heterocycles. The van der Waals surface area contributed by atoms with Crippen LogP contribution in [0.25, 0.3) is 0 Å². The van der Waals surface area contributed by atoms with Crippen LogP contribution in [0.4, 0.5) is 5.69 Å². The summed E-state index contributed by atoms with van der Waals surface area (Å²) in [5.41, 5.74) is 3.67. The standard InChI is InChI=1S/C52H71N3O6S/c1-4-7-8-13-33-55(52-54-47-17-11-12-18-49(47)62-52)53-37-44-36-43(41-23-19-39(16-5-2)20-24-41)27-32-48(44)60-38-40-21-25-42(26-22-40)51(57)61-46-30-28-45(29-31-46)58-34-14-9-10-15-35-59-50(56)6-3/h6,11-12,17-18,27-32,36-37,39-42,52,54H,3-5,7-10,13-16,19-26,33-35,38H2,1-2H3/b53-37+. The Balaban J connectivity index is 1.00. The topological polar surface area (TPSA) is 98.7 Å². The van der Waals surface area contributed by atoms with Gasteiger partial charge in [0.25, 0.3) is 0 Å². The van der Waals surface area contributed by atoms with Crippen molar-refractivity contribution in [2.24, 2.45) is 22.9 Å². The van der Waals surface area contributed by atoms with Crippen LogP contribution < -0.4 is 19.5 Å². The third-order valence-corrected chi connectivity index (χ3v) is 13.9. The fourth-order valence-electron chi connectivity index (χ4n) is 8.98. The molecule has 0 amide bonds. The lowest BCUT2D eigenvalue weighted by Gasteiger charge is -2.29. The molecule has 336 valence electrons. The van der Waals surface area contributed by atoms with Gasteiger partial charge in [0.15, 0.2) is 5.50 Å². The number of nitrogens with zero attached hydrogens (tertiary/aromatic N) is 2. The first-order valence-corrected chi connectivity index (χ1v) is 24.6. The summed E-state index contributed by atoms with van der Waals surface area (Å²) < 4.78 is 23.4. The Kier molecular flexibility index (Phi) is 19.4. The minimum atomic E-state index is -0.377. The van der Waals surface area contributed by atoms with E-state index in [0.717, 1.165) is 87.3 Å². The smallest absolute Gasteiger partial charge is 0.330 e. The lowest BCUT2D eigenvalue weighted by Crippen LogP contribution is -2.33. The molecule has 2 aliphatic carbocycles. The number of thioether (sulfide) groups is 1. The summed E-state index contributed by atoms with van der Waals surface area (Å²) in [6, 6.07) is 22.7. The number of benzene rings is 3. The van der Waals surface area contributed by atoms with Gasteiger partial charge in [-0.1, -0.05) is 82.5 Å². The molecule has 0 saturated heterocycles. The SMILES string of the molecule is C=CC(=O)OCCCCCCOc1ccc(OC(=O)C2CCC(COc3ccc(C4CCC(CCC)CC4)cc3/C=N/N(CCCCCC)C3Nc4ccccc4S3)CC2)cc1. The normalized spacial score (nSPS) is 20.8. The molecular formula is C52H71N3O6S. The lowest BCUT2D eigenvalue weighted by molar-refractivity contribution is -0.140. The number of unbranched alkanes of at least 4 members (excludes halogenated alkanes) is 6. The highest BCUT2D eigenvalue weighted by atomic mass is 32.2. The van der Waals surface area contributed by atoms with E-state index in [1.165, 1.54) is 80.0 Å². The van der Waals surface area contributed by atoms with Gasteiger partial charge in [-0.25, -0.2) is 4.79 Å². The largest absolute Gasteiger partial charge is 0.494 e. The number of anilines is 1. The minimum absolute atomic E-state index is 0.0445. The number of hydrazone groups is 1. The number of fused-ring (bicyclic) bond motifs is 1. The Labute approximate surface area is 375 Å². The first-order chi connectivity index (χ1) is 30.4. The second kappa shape index (κ2) is 25.6. The highest BCUT2D eigenvalue weighted by Gasteiger charge is 2.29. The molecule has 2 fully saturated rings. The first-order valence-electron chi connectivity index (χ1n) is 23.8. The molecule has 1 heterocycles. The van der Waals surface area contributed by atoms with Crippen LogP contribution in [0.1, 0.15) is 146 Å². The number of hydrogen-bond donors (Lipinski definition) is 1. The van der Waals surface area contributed by atoms with Gasteiger partial charge in [-0.3, -0.25) is 9.80 Å². The zero-order valence-corrected chi connectivity index (χ0v) is 38.2. The van der Waals surface area contributed by atoms with Crippen molar-refractivity contribution in [3.63, 3.8) is 0 Å². The van der Waals surface area contributed by atoms with E-state index in [2.05, 4.69) is 79.4 Å². The van der Waals surface area contributed by atoms with E-state index in [4.69, 9.17) is 24.0 Å². The number of carbonyl (C=O) groups excluding carboxylic acids is 2. The molecule has 1 N–H and O–H groups in total. The second-order valence-corrected chi connectivity index (χ2v) is 18.6. The Morgan fingerprint density at radius 3 is 2.26 bits per heavy atom. The van der Waals surface area contributed by atoms with Crippen LogP contribution >= 0.6 is 11.8 Å². The van der Waals surface area contributed by atoms with Crippen LogP contribution in [0.3, 0.4) is 0 Å². The fraction of sp³-hybridized carbons (Fsp3) is 0.558. The maximum atomic E-state index is 13.2. The van der Waals surface area contributed by atoms with E-state index in [1.54, 1.807) is 12.1 Å². The number of ether oxygens (including phenoxy) is 4. The maximum absolute atomic E-state index is 13.2. The summed E-state index contributed by atoms with van der Waals surface area (Å²) in [4.78, 5) is 25.6. The second-order valence-electron chi connectivity index (χ2n) is 17.4. The predicted octanol–water partition coefficient (Wildman–Crippen LogP) is 12.9. The molecule has 3 aromatic carbocycles. The average molecular weight is 866 g/mol. The summed E-state index contributed by atoms with van der Waals surface area (Å²) in [6.07, 6.45) is 22.9. The van der Waals surface area contributed by atoms with Gasteiger partial charge in [0.2, 0.25) is 0 Å². The molecular weight excluding hydrogens is 795 g/mol. The van der Waals surface area contributed by atoms with Crippen LogP contribution in [0.2, 0.25) is 0 Å². The van der Waals surface area contributed by atoms with Gasteiger partial charge in [-0.2, -0.15) is 5.10 Å². The zero-order valence-electron chi connectivity index (χ0n) is 37.4. The van der Waals surface area contributed by atoms with Gasteiger partial charge in [0, 0.05) is 23.1 Å². The summed E-state index contributed by atoms with van der Waals surface area (Å²) in [5.74, 6) is 3.34. The van der Waals surface area contributed by atoms with E-state index < -0.39 is 0 Å². The molecule has 62 heavy (non-hydrogen) atoms. The number of nitrogens with one attached hydrogen (secondary N) is 1. The number of rotatable bonds is 25. The molecule has 1 unspecified atom stereocenters. The predicted molar refractivity (Wildman–Crippen MR) is 252 cm³/mol. The Hall–Kier alpha value is -4.44. The molecule has 9 nitrogen and oxygen atoms in total. The monoisotopic (exact) mass is 866 g/mol. The first kappa shape index (κ1) is 47.0. The lowest BCUT2D eigenvalue weighted by atomic mass is 9.77. The number of carbonyl (C=O) groups is 2. The Bertz CT molecular complexity index is 1830. The molecule has 0 bridgehead atoms. The van der Waals surface area contributed by atoms with Crippen molar-refractivity contribution in [3.05, 3.63) is 90.5 Å². The van der Waals surface area contributed by atoms with Crippen LogP contribution in [-0.4, -0.2) is 55.0 Å². The van der Waals surface area contributed by atoms with Crippen molar-refractivity contribution in [3.8, 4) is 17.2 Å². The van der Waals surface area contributed by atoms with Crippen molar-refractivity contribution < 1.29 is 28.5 Å². The van der Waals surface area contributed by atoms with Crippen LogP contribution in [0, 0.1) is 17.8 Å². The van der Waals surface area contributed by atoms with Gasteiger partial charge in [-0.15, -0.1) is 0 Å². The number of hydrogen-bond acceptors (Lipinski definition) is 10. The summed E-state index contributed by atoms with van der Waals surface area (Å²) in [6.45, 7) is 10.5. The summed E-state index contributed by atoms with van der Waals surface area (Å²) in [7, 11) is 0. The molecule has 10 heteroatoms. The van der Waals surface area contributed by atoms with E-state index in [1.807, 2.05) is 23.9 Å². The zero-order chi connectivity index (χ0) is 43.4. The third kappa shape index (κ3) is 14.8. The van der Waals surface area contributed by atoms with E-state index in [9.17, 15) is 9.59 Å².